The first-order valence-corrected chi connectivity index (χ1v) is 11.6. The first kappa shape index (κ1) is 23.1. The zero-order valence-electron chi connectivity index (χ0n) is 19.3. The molecule has 0 radical (unpaired) electrons. The Morgan fingerprint density at radius 1 is 1.15 bits per heavy atom. The van der Waals surface area contributed by atoms with Gasteiger partial charge in [0.1, 0.15) is 17.8 Å². The number of benzene rings is 1. The monoisotopic (exact) mass is 453 g/mol. The Morgan fingerprint density at radius 2 is 1.88 bits per heavy atom. The quantitative estimate of drug-likeness (QED) is 0.527. The van der Waals surface area contributed by atoms with Gasteiger partial charge in [-0.25, -0.2) is 4.79 Å². The van der Waals surface area contributed by atoms with E-state index < -0.39 is 23.8 Å². The third-order valence-corrected chi connectivity index (χ3v) is 6.99. The highest BCUT2D eigenvalue weighted by molar-refractivity contribution is 6.12. The number of nitrogens with one attached hydrogen (secondary N) is 1. The zero-order chi connectivity index (χ0) is 23.7. The number of allylic oxidation sites excluding steroid dienone is 3. The van der Waals surface area contributed by atoms with Crippen LogP contribution in [0.25, 0.3) is 0 Å². The lowest BCUT2D eigenvalue weighted by Gasteiger charge is -2.38. The summed E-state index contributed by atoms with van der Waals surface area (Å²) >= 11 is 0. The molecule has 0 spiro atoms. The van der Waals surface area contributed by atoms with Crippen molar-refractivity contribution >= 4 is 17.7 Å². The van der Waals surface area contributed by atoms with Crippen molar-refractivity contribution in [1.29, 1.82) is 0 Å². The summed E-state index contributed by atoms with van der Waals surface area (Å²) in [5.74, 6) is -3.29. The molecule has 1 aromatic rings. The summed E-state index contributed by atoms with van der Waals surface area (Å²) in [6.45, 7) is 3.65. The van der Waals surface area contributed by atoms with Gasteiger partial charge in [-0.15, -0.1) is 0 Å². The Kier molecular flexibility index (Phi) is 6.58. The van der Waals surface area contributed by atoms with Gasteiger partial charge in [0.25, 0.3) is 0 Å². The third-order valence-electron chi connectivity index (χ3n) is 6.99. The lowest BCUT2D eigenvalue weighted by Crippen LogP contribution is -2.43. The van der Waals surface area contributed by atoms with Crippen molar-refractivity contribution in [3.63, 3.8) is 0 Å². The highest BCUT2D eigenvalue weighted by atomic mass is 16.5. The summed E-state index contributed by atoms with van der Waals surface area (Å²) in [6, 6.07) is 6.55. The molecule has 3 atom stereocenters. The minimum absolute atomic E-state index is 0.0342. The average molecular weight is 454 g/mol. The predicted molar refractivity (Wildman–Crippen MR) is 121 cm³/mol. The van der Waals surface area contributed by atoms with Gasteiger partial charge in [-0.1, -0.05) is 25.5 Å². The minimum Gasteiger partial charge on any atom is -0.508 e. The van der Waals surface area contributed by atoms with Crippen LogP contribution in [-0.2, 0) is 23.9 Å². The number of esters is 2. The number of hydrogen-bond donors (Lipinski definition) is 2. The lowest BCUT2D eigenvalue weighted by atomic mass is 9.69. The van der Waals surface area contributed by atoms with E-state index in [9.17, 15) is 19.5 Å². The van der Waals surface area contributed by atoms with Crippen molar-refractivity contribution in [3.05, 3.63) is 52.4 Å². The second-order valence-electron chi connectivity index (χ2n) is 9.30. The molecule has 7 nitrogen and oxygen atoms in total. The standard InChI is InChI=1S/C26H31NO6/c1-14-12-19-23(24(29)20(14)25(30)32-3)22(16-8-7-9-17(28)13-16)21(15(2)27-19)26(31)33-18-10-5-4-6-11-18/h7-9,13-14,18,20,22,27-28H,4-6,10-12H2,1-3H3/t14-,20+,22+/m1/s1. The Bertz CT molecular complexity index is 1030. The summed E-state index contributed by atoms with van der Waals surface area (Å²) < 4.78 is 10.8. The molecule has 1 aliphatic heterocycles. The smallest absolute Gasteiger partial charge is 0.337 e. The fraction of sp³-hybridized carbons (Fsp3) is 0.500. The van der Waals surface area contributed by atoms with Crippen LogP contribution in [0.2, 0.25) is 0 Å². The third kappa shape index (κ3) is 4.41. The van der Waals surface area contributed by atoms with Gasteiger partial charge in [-0.2, -0.15) is 0 Å². The van der Waals surface area contributed by atoms with Crippen LogP contribution in [-0.4, -0.2) is 36.0 Å². The van der Waals surface area contributed by atoms with Gasteiger partial charge in [-0.05, 0) is 62.6 Å². The zero-order valence-corrected chi connectivity index (χ0v) is 19.3. The van der Waals surface area contributed by atoms with E-state index in [1.165, 1.54) is 7.11 Å². The van der Waals surface area contributed by atoms with Crippen molar-refractivity contribution in [2.75, 3.05) is 7.11 Å². The molecule has 0 unspecified atom stereocenters. The van der Waals surface area contributed by atoms with E-state index in [1.54, 1.807) is 31.2 Å². The van der Waals surface area contributed by atoms with Crippen LogP contribution in [0.5, 0.6) is 5.75 Å². The largest absolute Gasteiger partial charge is 0.508 e. The molecule has 7 heteroatoms. The SMILES string of the molecule is COC(=O)[C@@H]1C(=O)C2=C(C[C@H]1C)NC(C)=C(C(=O)OC1CCCCC1)[C@@H]2c1cccc(O)c1. The maximum atomic E-state index is 13.7. The van der Waals surface area contributed by atoms with Crippen LogP contribution in [0.15, 0.2) is 46.8 Å². The first-order valence-electron chi connectivity index (χ1n) is 11.6. The summed E-state index contributed by atoms with van der Waals surface area (Å²) in [5.41, 5.74) is 2.64. The molecule has 2 N–H and O–H groups in total. The fourth-order valence-corrected chi connectivity index (χ4v) is 5.39. The first-order chi connectivity index (χ1) is 15.8. The average Bonchev–Trinajstić information content (AvgIpc) is 2.78. The molecule has 1 saturated carbocycles. The van der Waals surface area contributed by atoms with Crippen LogP contribution in [0.1, 0.15) is 63.9 Å². The van der Waals surface area contributed by atoms with Gasteiger partial charge in [0.2, 0.25) is 0 Å². The second-order valence-corrected chi connectivity index (χ2v) is 9.30. The molecule has 0 amide bonds. The van der Waals surface area contributed by atoms with Crippen molar-refractivity contribution in [2.24, 2.45) is 11.8 Å². The highest BCUT2D eigenvalue weighted by Gasteiger charge is 2.47. The molecule has 0 saturated heterocycles. The van der Waals surface area contributed by atoms with Crippen molar-refractivity contribution in [3.8, 4) is 5.75 Å². The lowest BCUT2D eigenvalue weighted by molar-refractivity contribution is -0.151. The van der Waals surface area contributed by atoms with E-state index in [0.717, 1.165) is 32.1 Å². The Morgan fingerprint density at radius 3 is 2.55 bits per heavy atom. The number of hydrogen-bond acceptors (Lipinski definition) is 7. The molecule has 1 fully saturated rings. The molecule has 4 rings (SSSR count). The van der Waals surface area contributed by atoms with Gasteiger partial charge < -0.3 is 19.9 Å². The van der Waals surface area contributed by atoms with Crippen LogP contribution < -0.4 is 5.32 Å². The number of phenolic OH excluding ortho intramolecular Hbond substituents is 1. The minimum atomic E-state index is -0.940. The van der Waals surface area contributed by atoms with E-state index >= 15 is 0 Å². The highest BCUT2D eigenvalue weighted by Crippen LogP contribution is 2.46. The van der Waals surface area contributed by atoms with Crippen molar-refractivity contribution < 1.29 is 29.0 Å². The molecule has 176 valence electrons. The second kappa shape index (κ2) is 9.41. The fourth-order valence-electron chi connectivity index (χ4n) is 5.39. The molecular formula is C26H31NO6. The molecular weight excluding hydrogens is 422 g/mol. The molecule has 33 heavy (non-hydrogen) atoms. The van der Waals surface area contributed by atoms with Crippen molar-refractivity contribution in [2.45, 2.75) is 64.4 Å². The van der Waals surface area contributed by atoms with E-state index in [2.05, 4.69) is 5.32 Å². The predicted octanol–water partition coefficient (Wildman–Crippen LogP) is 3.88. The molecule has 0 aromatic heterocycles. The summed E-state index contributed by atoms with van der Waals surface area (Å²) in [4.78, 5) is 39.6. The van der Waals surface area contributed by atoms with Crippen LogP contribution in [0.4, 0.5) is 0 Å². The Balaban J connectivity index is 1.78. The van der Waals surface area contributed by atoms with Gasteiger partial charge in [0, 0.05) is 22.9 Å². The number of rotatable bonds is 4. The van der Waals surface area contributed by atoms with Gasteiger partial charge in [-0.3, -0.25) is 9.59 Å². The summed E-state index contributed by atoms with van der Waals surface area (Å²) in [7, 11) is 1.27. The maximum absolute atomic E-state index is 13.7. The molecule has 3 aliphatic rings. The number of phenols is 1. The number of Topliss-reactive ketones (excluding diaryl/α,β-unsaturated/α-hetero) is 1. The van der Waals surface area contributed by atoms with Crippen LogP contribution in [0, 0.1) is 11.8 Å². The van der Waals surface area contributed by atoms with E-state index in [0.29, 0.717) is 34.5 Å². The van der Waals surface area contributed by atoms with Crippen LogP contribution in [0.3, 0.4) is 0 Å². The van der Waals surface area contributed by atoms with E-state index in [1.807, 2.05) is 6.92 Å². The van der Waals surface area contributed by atoms with Crippen LogP contribution >= 0.6 is 0 Å². The summed E-state index contributed by atoms with van der Waals surface area (Å²) in [5, 5.41) is 13.4. The Labute approximate surface area is 193 Å². The number of carbonyl (C=O) groups is 3. The maximum Gasteiger partial charge on any atom is 0.337 e. The van der Waals surface area contributed by atoms with Gasteiger partial charge >= 0.3 is 11.9 Å². The topological polar surface area (TPSA) is 102 Å². The van der Waals surface area contributed by atoms with Crippen molar-refractivity contribution in [1.82, 2.24) is 5.32 Å². The van der Waals surface area contributed by atoms with E-state index in [4.69, 9.17) is 9.47 Å². The number of aromatic hydroxyl groups is 1. The number of ketones is 1. The number of carbonyl (C=O) groups excluding carboxylic acids is 3. The van der Waals surface area contributed by atoms with E-state index in [-0.39, 0.29) is 23.6 Å². The Hall–Kier alpha value is -3.09. The molecule has 2 aliphatic carbocycles. The number of ether oxygens (including phenoxy) is 2. The molecule has 0 bridgehead atoms. The number of methoxy groups -OCH3 is 1. The molecule has 1 aromatic carbocycles. The normalized spacial score (nSPS) is 25.9. The van der Waals surface area contributed by atoms with Gasteiger partial charge in [0.05, 0.1) is 12.7 Å². The van der Waals surface area contributed by atoms with Gasteiger partial charge in [0.15, 0.2) is 5.78 Å². The summed E-state index contributed by atoms with van der Waals surface area (Å²) in [6.07, 6.45) is 5.18. The number of dihydropyridines is 1. The molecule has 1 heterocycles.